The first-order chi connectivity index (χ1) is 33.2. The Bertz CT molecular complexity index is 2700. The molecule has 0 saturated heterocycles. The van der Waals surface area contributed by atoms with Crippen LogP contribution in [0.4, 0.5) is 0 Å². The van der Waals surface area contributed by atoms with Crippen LogP contribution in [0.1, 0.15) is 122 Å². The second-order valence-electron chi connectivity index (χ2n) is 16.5. The summed E-state index contributed by atoms with van der Waals surface area (Å²) < 4.78 is 18.0. The maximum absolute atomic E-state index is 11.9. The average Bonchev–Trinajstić information content (AvgIpc) is 3.75. The number of aryl methyl sites for hydroxylation is 1. The maximum Gasteiger partial charge on any atom is 0.356 e. The number of carbonyl (C=O) groups excluding carboxylic acids is 5. The number of hydrogen-bond acceptors (Lipinski definition) is 17. The number of halogens is 6. The van der Waals surface area contributed by atoms with E-state index in [-0.39, 0.29) is 29.3 Å². The highest BCUT2D eigenvalue weighted by Crippen LogP contribution is 2.27. The minimum atomic E-state index is -0.463. The van der Waals surface area contributed by atoms with Gasteiger partial charge in [0.1, 0.15) is 11.4 Å². The van der Waals surface area contributed by atoms with E-state index in [2.05, 4.69) is 140 Å². The van der Waals surface area contributed by atoms with Gasteiger partial charge in [-0.1, -0.05) is 15.9 Å². The lowest BCUT2D eigenvalue weighted by Gasteiger charge is -2.25. The molecule has 0 radical (unpaired) electrons. The first-order valence-electron chi connectivity index (χ1n) is 20.7. The zero-order chi connectivity index (χ0) is 53.4. The van der Waals surface area contributed by atoms with Crippen molar-refractivity contribution < 1.29 is 53.1 Å². The zero-order valence-electron chi connectivity index (χ0n) is 40.0. The molecule has 2 aliphatic rings. The lowest BCUT2D eigenvalue weighted by molar-refractivity contribution is -0.197. The number of rotatable bonds is 8. The predicted molar refractivity (Wildman–Crippen MR) is 281 cm³/mol. The van der Waals surface area contributed by atoms with Gasteiger partial charge in [0.15, 0.2) is 17.1 Å². The van der Waals surface area contributed by atoms with E-state index in [1.54, 1.807) is 36.9 Å². The van der Waals surface area contributed by atoms with Crippen molar-refractivity contribution in [2.24, 2.45) is 0 Å². The van der Waals surface area contributed by atoms with E-state index in [1.807, 2.05) is 66.7 Å². The topological polar surface area (TPSA) is 235 Å². The summed E-state index contributed by atoms with van der Waals surface area (Å²) >= 11 is 19.7. The van der Waals surface area contributed by atoms with Crippen LogP contribution in [0.15, 0.2) is 83.7 Å². The molecule has 0 unspecified atom stereocenters. The van der Waals surface area contributed by atoms with E-state index in [0.717, 1.165) is 44.6 Å². The van der Waals surface area contributed by atoms with Gasteiger partial charge in [0.25, 0.3) is 11.8 Å². The minimum Gasteiger partial charge on any atom is -0.464 e. The van der Waals surface area contributed by atoms with E-state index < -0.39 is 23.8 Å². The van der Waals surface area contributed by atoms with Crippen molar-refractivity contribution in [2.45, 2.75) is 84.6 Å². The molecule has 0 fully saturated rings. The molecule has 0 bridgehead atoms. The van der Waals surface area contributed by atoms with Gasteiger partial charge in [0.05, 0.1) is 45.6 Å². The smallest absolute Gasteiger partial charge is 0.356 e. The number of pyridine rings is 5. The average molecular weight is 1370 g/mol. The second kappa shape index (κ2) is 28.3. The third-order valence-electron chi connectivity index (χ3n) is 8.58. The number of alkyl halides is 1. The molecule has 0 spiro atoms. The molecular formula is C46H50Br6N8O11. The van der Waals surface area contributed by atoms with Crippen LogP contribution in [-0.4, -0.2) is 103 Å². The molecule has 71 heavy (non-hydrogen) atoms. The van der Waals surface area contributed by atoms with Gasteiger partial charge in [0.2, 0.25) is 0 Å². The van der Waals surface area contributed by atoms with Crippen molar-refractivity contribution in [2.75, 3.05) is 21.3 Å². The quantitative estimate of drug-likeness (QED) is 0.0483. The molecule has 0 atom stereocenters. The number of aromatic nitrogens is 5. The van der Waals surface area contributed by atoms with Crippen molar-refractivity contribution in [3.05, 3.63) is 140 Å². The molecule has 0 aliphatic carbocycles. The Morgan fingerprint density at radius 1 is 0.606 bits per heavy atom. The second-order valence-corrected chi connectivity index (χ2v) is 21.7. The number of carbonyl (C=O) groups is 5. The van der Waals surface area contributed by atoms with Gasteiger partial charge in [-0.15, -0.1) is 0 Å². The first kappa shape index (κ1) is 61.1. The zero-order valence-corrected chi connectivity index (χ0v) is 49.5. The van der Waals surface area contributed by atoms with Crippen LogP contribution in [0.5, 0.6) is 0 Å². The van der Waals surface area contributed by atoms with Gasteiger partial charge in [-0.05, 0) is 170 Å². The fraction of sp³-hybridized carbons (Fsp3) is 0.348. The molecule has 5 aromatic heterocycles. The van der Waals surface area contributed by atoms with Crippen LogP contribution < -0.4 is 5.48 Å². The number of fused-ring (bicyclic) bond motifs is 2. The standard InChI is InChI=1S/C12H17BrN2O3.C11H13BrN2O2.C8H7Br2NO2.C8H8BrNO2.C7H5BrN2O2/c1-12(2,3)18-15-6-8-5-9(13)7-14-10(8)11(16)17-4;1-11(2,3)16-14-6-7-4-8(12)5-13-9(7)10(14)15;1-13-8(12)7-5(3-9)2-6(10)4-11-7;1-5-3-6(9)4-10-7(5)8(11)12-2;8-5-1-4-3-10(12)7(11)6(4)9-2-5/h5,7,15H,6H2,1-4H3;4-5H,6H2,1-3H3;2,4H,3H2,1H3;3-4H,1-2H3;1-2,12H,3H2. The summed E-state index contributed by atoms with van der Waals surface area (Å²) in [6, 6.07) is 9.12. The molecule has 2 amide bonds. The number of methoxy groups -OCH3 is 3. The molecule has 7 rings (SSSR count). The highest BCUT2D eigenvalue weighted by atomic mass is 79.9. The van der Waals surface area contributed by atoms with Crippen molar-refractivity contribution in [3.8, 4) is 0 Å². The molecule has 2 aliphatic heterocycles. The number of amides is 2. The largest absolute Gasteiger partial charge is 0.464 e. The third-order valence-corrected chi connectivity index (χ3v) is 11.4. The fourth-order valence-corrected chi connectivity index (χ4v) is 8.02. The molecular weight excluding hydrogens is 1320 g/mol. The Labute approximate surface area is 461 Å². The van der Waals surface area contributed by atoms with Crippen LogP contribution in [0, 0.1) is 6.92 Å². The molecule has 5 aromatic rings. The highest BCUT2D eigenvalue weighted by Gasteiger charge is 2.33. The summed E-state index contributed by atoms with van der Waals surface area (Å²) in [6.07, 6.45) is 7.85. The van der Waals surface area contributed by atoms with Crippen molar-refractivity contribution in [1.82, 2.24) is 40.5 Å². The number of nitrogens with zero attached hydrogens (tertiary/aromatic N) is 7. The Kier molecular flexibility index (Phi) is 24.4. The Balaban J connectivity index is 0.000000237. The predicted octanol–water partition coefficient (Wildman–Crippen LogP) is 10.6. The van der Waals surface area contributed by atoms with Crippen LogP contribution in [0.2, 0.25) is 0 Å². The minimum absolute atomic E-state index is 0.169. The van der Waals surface area contributed by atoms with Gasteiger partial charge in [0, 0.05) is 81.9 Å². The number of esters is 3. The molecule has 0 saturated carbocycles. The van der Waals surface area contributed by atoms with Crippen LogP contribution in [0.25, 0.3) is 0 Å². The molecule has 382 valence electrons. The Morgan fingerprint density at radius 3 is 1.48 bits per heavy atom. The first-order valence-corrected chi connectivity index (χ1v) is 25.7. The summed E-state index contributed by atoms with van der Waals surface area (Å²) in [5.74, 6) is -1.88. The van der Waals surface area contributed by atoms with Gasteiger partial charge in [-0.3, -0.25) is 24.5 Å². The number of ether oxygens (including phenoxy) is 3. The normalized spacial score (nSPS) is 12.4. The molecule has 19 nitrogen and oxygen atoms in total. The Morgan fingerprint density at radius 2 is 1.01 bits per heavy atom. The van der Waals surface area contributed by atoms with Gasteiger partial charge in [-0.2, -0.15) is 5.48 Å². The van der Waals surface area contributed by atoms with Crippen LogP contribution in [0.3, 0.4) is 0 Å². The van der Waals surface area contributed by atoms with E-state index in [9.17, 15) is 24.0 Å². The van der Waals surface area contributed by atoms with Gasteiger partial charge in [-0.25, -0.2) is 49.4 Å². The summed E-state index contributed by atoms with van der Waals surface area (Å²) in [6.45, 7) is 14.4. The number of hydroxylamine groups is 5. The summed E-state index contributed by atoms with van der Waals surface area (Å²) in [7, 11) is 4.00. The van der Waals surface area contributed by atoms with Gasteiger partial charge < -0.3 is 14.2 Å². The van der Waals surface area contributed by atoms with Crippen molar-refractivity contribution >= 4 is 125 Å². The Hall–Kier alpha value is -4.18. The maximum atomic E-state index is 11.9. The van der Waals surface area contributed by atoms with E-state index in [4.69, 9.17) is 14.9 Å². The van der Waals surface area contributed by atoms with E-state index in [0.29, 0.717) is 51.8 Å². The summed E-state index contributed by atoms with van der Waals surface area (Å²) in [5, 5.41) is 11.6. The molecule has 2 N–H and O–H groups in total. The number of nitrogens with one attached hydrogen (secondary N) is 1. The van der Waals surface area contributed by atoms with Gasteiger partial charge >= 0.3 is 17.9 Å². The SMILES string of the molecule is CC(C)(C)ON1Cc2cc(Br)cnc2C1=O.COC(=O)c1ncc(Br)cc1C.COC(=O)c1ncc(Br)cc1CBr.COC(=O)c1ncc(Br)cc1CNOC(C)(C)C.O=C1c2ncc(Br)cc2CN1O. The lowest BCUT2D eigenvalue weighted by atomic mass is 10.2. The van der Waals surface area contributed by atoms with E-state index in [1.165, 1.54) is 32.6 Å². The third kappa shape index (κ3) is 19.6. The van der Waals surface area contributed by atoms with E-state index >= 15 is 0 Å². The summed E-state index contributed by atoms with van der Waals surface area (Å²) in [5.41, 5.74) is 7.90. The summed E-state index contributed by atoms with van der Waals surface area (Å²) in [4.78, 5) is 87.7. The fourth-order valence-electron chi connectivity index (χ4n) is 5.63. The van der Waals surface area contributed by atoms with Crippen LogP contribution in [-0.2, 0) is 48.9 Å². The molecule has 7 heterocycles. The number of hydrogen-bond donors (Lipinski definition) is 2. The van der Waals surface area contributed by atoms with Crippen LogP contribution >= 0.6 is 95.6 Å². The van der Waals surface area contributed by atoms with Crippen molar-refractivity contribution in [3.63, 3.8) is 0 Å². The lowest BCUT2D eigenvalue weighted by Crippen LogP contribution is -2.34. The molecule has 0 aromatic carbocycles. The monoisotopic (exact) mass is 1360 g/mol. The highest BCUT2D eigenvalue weighted by molar-refractivity contribution is 9.11. The van der Waals surface area contributed by atoms with Crippen molar-refractivity contribution in [1.29, 1.82) is 0 Å². The molecule has 25 heteroatoms.